The van der Waals surface area contributed by atoms with E-state index in [1.54, 1.807) is 26.5 Å². The predicted octanol–water partition coefficient (Wildman–Crippen LogP) is 4.52. The van der Waals surface area contributed by atoms with Crippen LogP contribution in [0.1, 0.15) is 5.56 Å². The third-order valence-corrected chi connectivity index (χ3v) is 4.54. The molecule has 0 radical (unpaired) electrons. The summed E-state index contributed by atoms with van der Waals surface area (Å²) < 4.78 is 13.5. The number of rotatable bonds is 6. The Morgan fingerprint density at radius 1 is 1.11 bits per heavy atom. The van der Waals surface area contributed by atoms with Crippen molar-refractivity contribution >= 4 is 44.6 Å². The van der Waals surface area contributed by atoms with Gasteiger partial charge in [0.1, 0.15) is 11.5 Å². The number of nitrogens with zero attached hydrogens (tertiary/aromatic N) is 2. The normalized spacial score (nSPS) is 10.3. The maximum Gasteiger partial charge on any atom is 0.175 e. The summed E-state index contributed by atoms with van der Waals surface area (Å²) in [6.07, 6.45) is 3.64. The number of hydrogen-bond acceptors (Lipinski definition) is 4. The summed E-state index contributed by atoms with van der Waals surface area (Å²) in [5.41, 5.74) is 2.71. The molecule has 6 nitrogen and oxygen atoms in total. The fourth-order valence-corrected chi connectivity index (χ4v) is 2.97. The van der Waals surface area contributed by atoms with Gasteiger partial charge in [-0.2, -0.15) is 5.10 Å². The summed E-state index contributed by atoms with van der Waals surface area (Å²) in [6.45, 7) is 0.682. The molecule has 1 aromatic heterocycles. The number of hydrogen-bond donors (Lipinski definition) is 2. The zero-order valence-corrected chi connectivity index (χ0v) is 17.3. The van der Waals surface area contributed by atoms with E-state index in [1.165, 1.54) is 0 Å². The highest BCUT2D eigenvalue weighted by Crippen LogP contribution is 2.29. The predicted molar refractivity (Wildman–Crippen MR) is 115 cm³/mol. The molecule has 0 aliphatic heterocycles. The summed E-state index contributed by atoms with van der Waals surface area (Å²) in [7, 11) is 3.21. The van der Waals surface area contributed by atoms with Crippen molar-refractivity contribution in [1.82, 2.24) is 9.78 Å². The SMILES string of the molecule is COc1ccc(NC(=S)Nc2cnn(Cc3ccc(Br)cc3)c2)c(OC)c1. The molecule has 0 amide bonds. The summed E-state index contributed by atoms with van der Waals surface area (Å²) in [6, 6.07) is 13.6. The van der Waals surface area contributed by atoms with E-state index in [9.17, 15) is 0 Å². The molecular weight excluding hydrogens is 428 g/mol. The van der Waals surface area contributed by atoms with Crippen molar-refractivity contribution in [3.05, 3.63) is 64.9 Å². The second kappa shape index (κ2) is 8.88. The van der Waals surface area contributed by atoms with Crippen molar-refractivity contribution in [2.24, 2.45) is 0 Å². The number of anilines is 2. The van der Waals surface area contributed by atoms with Crippen LogP contribution in [-0.2, 0) is 6.54 Å². The Morgan fingerprint density at radius 2 is 1.89 bits per heavy atom. The molecule has 27 heavy (non-hydrogen) atoms. The van der Waals surface area contributed by atoms with E-state index in [-0.39, 0.29) is 0 Å². The van der Waals surface area contributed by atoms with Crippen LogP contribution in [0.3, 0.4) is 0 Å². The number of thiocarbonyl (C=S) groups is 1. The van der Waals surface area contributed by atoms with E-state index < -0.39 is 0 Å². The minimum Gasteiger partial charge on any atom is -0.497 e. The second-order valence-electron chi connectivity index (χ2n) is 5.70. The number of benzene rings is 2. The Kier molecular flexibility index (Phi) is 6.31. The van der Waals surface area contributed by atoms with Gasteiger partial charge in [-0.25, -0.2) is 0 Å². The number of nitrogens with one attached hydrogen (secondary N) is 2. The molecule has 2 aromatic carbocycles. The molecule has 0 aliphatic carbocycles. The third-order valence-electron chi connectivity index (χ3n) is 3.81. The highest BCUT2D eigenvalue weighted by molar-refractivity contribution is 9.10. The number of aromatic nitrogens is 2. The van der Waals surface area contributed by atoms with Gasteiger partial charge < -0.3 is 20.1 Å². The van der Waals surface area contributed by atoms with Crippen LogP contribution >= 0.6 is 28.1 Å². The molecule has 0 aliphatic rings. The van der Waals surface area contributed by atoms with Crippen molar-refractivity contribution in [3.8, 4) is 11.5 Å². The van der Waals surface area contributed by atoms with Gasteiger partial charge in [-0.3, -0.25) is 4.68 Å². The van der Waals surface area contributed by atoms with Gasteiger partial charge >= 0.3 is 0 Å². The molecule has 2 N–H and O–H groups in total. The minimum absolute atomic E-state index is 0.446. The van der Waals surface area contributed by atoms with Crippen LogP contribution < -0.4 is 20.1 Å². The highest BCUT2D eigenvalue weighted by atomic mass is 79.9. The van der Waals surface area contributed by atoms with Crippen molar-refractivity contribution in [1.29, 1.82) is 0 Å². The molecular formula is C19H19BrN4O2S. The van der Waals surface area contributed by atoms with Gasteiger partial charge in [0.15, 0.2) is 5.11 Å². The quantitative estimate of drug-likeness (QED) is 0.542. The molecule has 0 atom stereocenters. The number of halogens is 1. The largest absolute Gasteiger partial charge is 0.497 e. The fraction of sp³-hybridized carbons (Fsp3) is 0.158. The fourth-order valence-electron chi connectivity index (χ4n) is 2.48. The van der Waals surface area contributed by atoms with Crippen LogP contribution in [0.2, 0.25) is 0 Å². The molecule has 3 rings (SSSR count). The molecule has 0 saturated heterocycles. The maximum atomic E-state index is 5.39. The molecule has 8 heteroatoms. The molecule has 0 saturated carbocycles. The van der Waals surface area contributed by atoms with E-state index in [1.807, 2.05) is 35.1 Å². The van der Waals surface area contributed by atoms with Gasteiger partial charge in [-0.05, 0) is 42.0 Å². The lowest BCUT2D eigenvalue weighted by atomic mass is 10.2. The highest BCUT2D eigenvalue weighted by Gasteiger charge is 2.08. The van der Waals surface area contributed by atoms with Crippen LogP contribution in [-0.4, -0.2) is 29.1 Å². The first-order chi connectivity index (χ1) is 13.1. The number of ether oxygens (including phenoxy) is 2. The monoisotopic (exact) mass is 446 g/mol. The Hall–Kier alpha value is -2.58. The Balaban J connectivity index is 1.61. The summed E-state index contributed by atoms with van der Waals surface area (Å²) in [5, 5.41) is 11.1. The molecule has 140 valence electrons. The van der Waals surface area contributed by atoms with E-state index in [0.717, 1.165) is 21.4 Å². The van der Waals surface area contributed by atoms with Crippen LogP contribution in [0.4, 0.5) is 11.4 Å². The first-order valence-electron chi connectivity index (χ1n) is 8.14. The summed E-state index contributed by atoms with van der Waals surface area (Å²) >= 11 is 8.83. The lowest BCUT2D eigenvalue weighted by Crippen LogP contribution is -2.19. The zero-order chi connectivity index (χ0) is 19.2. The van der Waals surface area contributed by atoms with Gasteiger partial charge in [0.2, 0.25) is 0 Å². The molecule has 0 spiro atoms. The smallest absolute Gasteiger partial charge is 0.175 e. The van der Waals surface area contributed by atoms with Crippen molar-refractivity contribution < 1.29 is 9.47 Å². The topological polar surface area (TPSA) is 60.3 Å². The molecule has 0 unspecified atom stereocenters. The van der Waals surface area contributed by atoms with Crippen LogP contribution in [0.5, 0.6) is 11.5 Å². The van der Waals surface area contributed by atoms with E-state index >= 15 is 0 Å². The lowest BCUT2D eigenvalue weighted by molar-refractivity contribution is 0.395. The number of methoxy groups -OCH3 is 2. The van der Waals surface area contributed by atoms with E-state index in [2.05, 4.69) is 43.8 Å². The zero-order valence-electron chi connectivity index (χ0n) is 14.9. The molecule has 0 bridgehead atoms. The average molecular weight is 447 g/mol. The van der Waals surface area contributed by atoms with Crippen molar-refractivity contribution in [2.75, 3.05) is 24.9 Å². The Labute approximate surface area is 171 Å². The van der Waals surface area contributed by atoms with Gasteiger partial charge in [-0.15, -0.1) is 0 Å². The first kappa shape index (κ1) is 19.2. The summed E-state index contributed by atoms with van der Waals surface area (Å²) in [4.78, 5) is 0. The van der Waals surface area contributed by atoms with Crippen LogP contribution in [0, 0.1) is 0 Å². The Bertz CT molecular complexity index is 928. The first-order valence-corrected chi connectivity index (χ1v) is 9.34. The second-order valence-corrected chi connectivity index (χ2v) is 7.02. The van der Waals surface area contributed by atoms with E-state index in [4.69, 9.17) is 21.7 Å². The van der Waals surface area contributed by atoms with Crippen molar-refractivity contribution in [2.45, 2.75) is 6.54 Å². The van der Waals surface area contributed by atoms with E-state index in [0.29, 0.717) is 23.2 Å². The Morgan fingerprint density at radius 3 is 2.59 bits per heavy atom. The van der Waals surface area contributed by atoms with Gasteiger partial charge in [0, 0.05) is 16.7 Å². The maximum absolute atomic E-state index is 5.39. The van der Waals surface area contributed by atoms with Gasteiger partial charge in [0.25, 0.3) is 0 Å². The van der Waals surface area contributed by atoms with Gasteiger partial charge in [0.05, 0.1) is 38.3 Å². The van der Waals surface area contributed by atoms with Gasteiger partial charge in [-0.1, -0.05) is 28.1 Å². The average Bonchev–Trinajstić information content (AvgIpc) is 3.10. The molecule has 1 heterocycles. The molecule has 0 fully saturated rings. The molecule has 3 aromatic rings. The van der Waals surface area contributed by atoms with Crippen molar-refractivity contribution in [3.63, 3.8) is 0 Å². The lowest BCUT2D eigenvalue weighted by Gasteiger charge is -2.13. The third kappa shape index (κ3) is 5.21. The van der Waals surface area contributed by atoms with Crippen LogP contribution in [0.25, 0.3) is 0 Å². The minimum atomic E-state index is 0.446. The summed E-state index contributed by atoms with van der Waals surface area (Å²) in [5.74, 6) is 1.36. The van der Waals surface area contributed by atoms with Crippen LogP contribution in [0.15, 0.2) is 59.3 Å². The standard InChI is InChI=1S/C19H19BrN4O2S/c1-25-16-7-8-17(18(9-16)26-2)23-19(27)22-15-10-21-24(12-15)11-13-3-5-14(20)6-4-13/h3-10,12H,11H2,1-2H3,(H2,22,23,27).